The molecule has 1 aliphatic rings. The predicted molar refractivity (Wildman–Crippen MR) is 67.2 cm³/mol. The molecular formula is C13H23NO4. The molecule has 1 rings (SSSR count). The zero-order chi connectivity index (χ0) is 13.5. The number of carbonyl (C=O) groups is 2. The number of nitrogens with one attached hydrogen (secondary N) is 1. The highest BCUT2D eigenvalue weighted by molar-refractivity contribution is 5.83. The van der Waals surface area contributed by atoms with E-state index in [1.165, 1.54) is 0 Å². The van der Waals surface area contributed by atoms with Crippen LogP contribution in [-0.4, -0.2) is 35.7 Å². The average molecular weight is 257 g/mol. The maximum absolute atomic E-state index is 11.7. The Kier molecular flexibility index (Phi) is 6.12. The first-order valence-electron chi connectivity index (χ1n) is 6.62. The topological polar surface area (TPSA) is 75.6 Å². The molecule has 1 fully saturated rings. The van der Waals surface area contributed by atoms with Crippen molar-refractivity contribution < 1.29 is 19.4 Å². The SMILES string of the molecule is CC(C)C[C@@H](NC(=O)CCC1CCCO1)C(=O)O. The van der Waals surface area contributed by atoms with Crippen LogP contribution in [0.2, 0.25) is 0 Å². The van der Waals surface area contributed by atoms with Crippen molar-refractivity contribution in [1.29, 1.82) is 0 Å². The van der Waals surface area contributed by atoms with Gasteiger partial charge in [-0.25, -0.2) is 4.79 Å². The Balaban J connectivity index is 2.29. The van der Waals surface area contributed by atoms with E-state index in [-0.39, 0.29) is 17.9 Å². The number of carboxylic acid groups (broad SMARTS) is 1. The molecule has 18 heavy (non-hydrogen) atoms. The first-order chi connectivity index (χ1) is 8.49. The highest BCUT2D eigenvalue weighted by Gasteiger charge is 2.22. The fraction of sp³-hybridized carbons (Fsp3) is 0.846. The van der Waals surface area contributed by atoms with Crippen molar-refractivity contribution >= 4 is 11.9 Å². The van der Waals surface area contributed by atoms with E-state index in [1.54, 1.807) is 0 Å². The van der Waals surface area contributed by atoms with Crippen LogP contribution in [0.15, 0.2) is 0 Å². The molecule has 2 atom stereocenters. The third-order valence-corrected chi connectivity index (χ3v) is 3.06. The smallest absolute Gasteiger partial charge is 0.326 e. The van der Waals surface area contributed by atoms with Gasteiger partial charge in [-0.05, 0) is 31.6 Å². The maximum atomic E-state index is 11.7. The molecule has 1 amide bonds. The Morgan fingerprint density at radius 2 is 2.17 bits per heavy atom. The van der Waals surface area contributed by atoms with Crippen molar-refractivity contribution in [2.24, 2.45) is 5.92 Å². The van der Waals surface area contributed by atoms with Crippen LogP contribution in [-0.2, 0) is 14.3 Å². The van der Waals surface area contributed by atoms with E-state index < -0.39 is 12.0 Å². The van der Waals surface area contributed by atoms with E-state index in [4.69, 9.17) is 9.84 Å². The summed E-state index contributed by atoms with van der Waals surface area (Å²) in [4.78, 5) is 22.7. The van der Waals surface area contributed by atoms with Crippen LogP contribution in [0.3, 0.4) is 0 Å². The second-order valence-corrected chi connectivity index (χ2v) is 5.26. The Bertz CT molecular complexity index is 285. The minimum Gasteiger partial charge on any atom is -0.480 e. The molecule has 0 aliphatic carbocycles. The second kappa shape index (κ2) is 7.36. The van der Waals surface area contributed by atoms with E-state index in [0.717, 1.165) is 19.4 Å². The summed E-state index contributed by atoms with van der Waals surface area (Å²) in [5.74, 6) is -0.919. The van der Waals surface area contributed by atoms with Crippen LogP contribution in [0, 0.1) is 5.92 Å². The molecule has 104 valence electrons. The molecule has 5 heteroatoms. The fourth-order valence-electron chi connectivity index (χ4n) is 2.12. The van der Waals surface area contributed by atoms with Crippen LogP contribution in [0.5, 0.6) is 0 Å². The van der Waals surface area contributed by atoms with Gasteiger partial charge in [-0.1, -0.05) is 13.8 Å². The van der Waals surface area contributed by atoms with Gasteiger partial charge in [0.1, 0.15) is 6.04 Å². The summed E-state index contributed by atoms with van der Waals surface area (Å²) in [6, 6.07) is -0.776. The normalized spacial score (nSPS) is 20.9. The van der Waals surface area contributed by atoms with Crippen molar-refractivity contribution in [2.45, 2.75) is 58.1 Å². The van der Waals surface area contributed by atoms with E-state index in [9.17, 15) is 9.59 Å². The van der Waals surface area contributed by atoms with Crippen LogP contribution in [0.1, 0.15) is 46.0 Å². The second-order valence-electron chi connectivity index (χ2n) is 5.26. The van der Waals surface area contributed by atoms with Gasteiger partial charge >= 0.3 is 5.97 Å². The Labute approximate surface area is 108 Å². The highest BCUT2D eigenvalue weighted by Crippen LogP contribution is 2.16. The van der Waals surface area contributed by atoms with Gasteiger partial charge in [0.15, 0.2) is 0 Å². The molecule has 0 aromatic heterocycles. The molecule has 1 saturated heterocycles. The van der Waals surface area contributed by atoms with Gasteiger partial charge in [-0.3, -0.25) is 4.79 Å². The summed E-state index contributed by atoms with van der Waals surface area (Å²) in [5.41, 5.74) is 0. The summed E-state index contributed by atoms with van der Waals surface area (Å²) >= 11 is 0. The number of rotatable bonds is 7. The number of hydrogen-bond acceptors (Lipinski definition) is 3. The lowest BCUT2D eigenvalue weighted by atomic mass is 10.0. The van der Waals surface area contributed by atoms with Gasteiger partial charge in [0, 0.05) is 13.0 Å². The van der Waals surface area contributed by atoms with Gasteiger partial charge in [0.05, 0.1) is 6.10 Å². The lowest BCUT2D eigenvalue weighted by molar-refractivity contribution is -0.142. The minimum atomic E-state index is -0.964. The standard InChI is InChI=1S/C13H23NO4/c1-9(2)8-11(13(16)17)14-12(15)6-5-10-4-3-7-18-10/h9-11H,3-8H2,1-2H3,(H,14,15)(H,16,17)/t10?,11-/m1/s1. The van der Waals surface area contributed by atoms with Crippen LogP contribution < -0.4 is 5.32 Å². The van der Waals surface area contributed by atoms with Crippen molar-refractivity contribution in [2.75, 3.05) is 6.61 Å². The number of amides is 1. The molecule has 2 N–H and O–H groups in total. The molecule has 0 aromatic carbocycles. The average Bonchev–Trinajstić information content (AvgIpc) is 2.77. The van der Waals surface area contributed by atoms with Gasteiger partial charge < -0.3 is 15.2 Å². The Morgan fingerprint density at radius 3 is 2.67 bits per heavy atom. The molecular weight excluding hydrogens is 234 g/mol. The Morgan fingerprint density at radius 1 is 1.44 bits per heavy atom. The summed E-state index contributed by atoms with van der Waals surface area (Å²) in [6.07, 6.45) is 3.70. The van der Waals surface area contributed by atoms with Gasteiger partial charge in [0.2, 0.25) is 5.91 Å². The summed E-state index contributed by atoms with van der Waals surface area (Å²) in [7, 11) is 0. The fourth-order valence-corrected chi connectivity index (χ4v) is 2.12. The first kappa shape index (κ1) is 15.0. The summed E-state index contributed by atoms with van der Waals surface area (Å²) in [6.45, 7) is 4.65. The minimum absolute atomic E-state index is 0.170. The molecule has 1 heterocycles. The predicted octanol–water partition coefficient (Wildman–Crippen LogP) is 1.56. The monoisotopic (exact) mass is 257 g/mol. The quantitative estimate of drug-likeness (QED) is 0.725. The first-order valence-corrected chi connectivity index (χ1v) is 6.62. The van der Waals surface area contributed by atoms with Crippen molar-refractivity contribution in [3.05, 3.63) is 0 Å². The molecule has 0 spiro atoms. The molecule has 5 nitrogen and oxygen atoms in total. The Hall–Kier alpha value is -1.10. The van der Waals surface area contributed by atoms with E-state index >= 15 is 0 Å². The zero-order valence-electron chi connectivity index (χ0n) is 11.1. The maximum Gasteiger partial charge on any atom is 0.326 e. The molecule has 0 radical (unpaired) electrons. The van der Waals surface area contributed by atoms with Crippen molar-refractivity contribution in [3.63, 3.8) is 0 Å². The lowest BCUT2D eigenvalue weighted by Crippen LogP contribution is -2.41. The van der Waals surface area contributed by atoms with E-state index in [0.29, 0.717) is 19.3 Å². The van der Waals surface area contributed by atoms with Gasteiger partial charge in [-0.15, -0.1) is 0 Å². The summed E-state index contributed by atoms with van der Waals surface area (Å²) < 4.78 is 5.42. The van der Waals surface area contributed by atoms with Crippen molar-refractivity contribution in [1.82, 2.24) is 5.32 Å². The number of aliphatic carboxylic acids is 1. The van der Waals surface area contributed by atoms with Gasteiger partial charge in [-0.2, -0.15) is 0 Å². The molecule has 1 unspecified atom stereocenters. The highest BCUT2D eigenvalue weighted by atomic mass is 16.5. The summed E-state index contributed by atoms with van der Waals surface area (Å²) in [5, 5.41) is 11.6. The molecule has 0 bridgehead atoms. The van der Waals surface area contributed by atoms with Crippen LogP contribution in [0.4, 0.5) is 0 Å². The number of carboxylic acids is 1. The molecule has 0 aromatic rings. The molecule has 0 saturated carbocycles. The van der Waals surface area contributed by atoms with E-state index in [2.05, 4.69) is 5.32 Å². The third-order valence-electron chi connectivity index (χ3n) is 3.06. The van der Waals surface area contributed by atoms with Crippen LogP contribution in [0.25, 0.3) is 0 Å². The third kappa shape index (κ3) is 5.49. The largest absolute Gasteiger partial charge is 0.480 e. The zero-order valence-corrected chi connectivity index (χ0v) is 11.1. The van der Waals surface area contributed by atoms with Gasteiger partial charge in [0.25, 0.3) is 0 Å². The van der Waals surface area contributed by atoms with E-state index in [1.807, 2.05) is 13.8 Å². The lowest BCUT2D eigenvalue weighted by Gasteiger charge is -2.17. The number of carbonyl (C=O) groups excluding carboxylic acids is 1. The van der Waals surface area contributed by atoms with Crippen molar-refractivity contribution in [3.8, 4) is 0 Å². The number of hydrogen-bond donors (Lipinski definition) is 2. The number of ether oxygens (including phenoxy) is 1. The molecule has 1 aliphatic heterocycles. The van der Waals surface area contributed by atoms with Crippen LogP contribution >= 0.6 is 0 Å².